The third-order valence-electron chi connectivity index (χ3n) is 2.43. The molecule has 0 aliphatic rings. The maximum Gasteiger partial charge on any atom is 0.240 e. The van der Waals surface area contributed by atoms with Crippen LogP contribution in [0.3, 0.4) is 0 Å². The highest BCUT2D eigenvalue weighted by molar-refractivity contribution is 9.10. The van der Waals surface area contributed by atoms with Gasteiger partial charge in [0, 0.05) is 11.4 Å². The van der Waals surface area contributed by atoms with E-state index in [0.29, 0.717) is 11.7 Å². The van der Waals surface area contributed by atoms with E-state index in [1.54, 1.807) is 19.1 Å². The third-order valence-corrected chi connectivity index (χ3v) is 4.72. The number of benzene rings is 1. The molecular formula is C11H12BrN3O3S. The number of halogens is 1. The maximum atomic E-state index is 12.1. The van der Waals surface area contributed by atoms with Gasteiger partial charge in [0.05, 0.1) is 11.4 Å². The van der Waals surface area contributed by atoms with E-state index in [1.165, 1.54) is 6.07 Å². The van der Waals surface area contributed by atoms with Gasteiger partial charge in [-0.3, -0.25) is 0 Å². The lowest BCUT2D eigenvalue weighted by Crippen LogP contribution is -2.23. The van der Waals surface area contributed by atoms with Crippen molar-refractivity contribution < 1.29 is 12.9 Å². The average molecular weight is 346 g/mol. The van der Waals surface area contributed by atoms with Crippen LogP contribution in [0.15, 0.2) is 32.1 Å². The summed E-state index contributed by atoms with van der Waals surface area (Å²) in [5.41, 5.74) is 0.846. The van der Waals surface area contributed by atoms with Gasteiger partial charge in [0.2, 0.25) is 15.9 Å². The molecule has 0 aliphatic carbocycles. The molecule has 0 radical (unpaired) electrons. The van der Waals surface area contributed by atoms with Gasteiger partial charge in [-0.2, -0.15) is 4.98 Å². The molecule has 0 bridgehead atoms. The lowest BCUT2D eigenvalue weighted by atomic mass is 10.2. The van der Waals surface area contributed by atoms with Gasteiger partial charge in [-0.1, -0.05) is 21.1 Å². The van der Waals surface area contributed by atoms with Crippen LogP contribution in [-0.2, 0) is 16.6 Å². The zero-order chi connectivity index (χ0) is 14.0. The van der Waals surface area contributed by atoms with Crippen molar-refractivity contribution in [3.05, 3.63) is 40.0 Å². The molecule has 0 saturated carbocycles. The molecule has 0 atom stereocenters. The van der Waals surface area contributed by atoms with Crippen molar-refractivity contribution in [1.82, 2.24) is 14.9 Å². The number of aromatic nitrogens is 2. The number of sulfonamides is 1. The molecule has 0 unspecified atom stereocenters. The molecule has 2 aromatic rings. The zero-order valence-corrected chi connectivity index (χ0v) is 12.7. The van der Waals surface area contributed by atoms with Crippen molar-refractivity contribution in [3.63, 3.8) is 0 Å². The Kier molecular flexibility index (Phi) is 4.02. The smallest absolute Gasteiger partial charge is 0.240 e. The van der Waals surface area contributed by atoms with Crippen LogP contribution in [0.4, 0.5) is 0 Å². The highest BCUT2D eigenvalue weighted by atomic mass is 79.9. The molecular weight excluding hydrogens is 334 g/mol. The van der Waals surface area contributed by atoms with E-state index in [2.05, 4.69) is 30.8 Å². The molecule has 19 heavy (non-hydrogen) atoms. The van der Waals surface area contributed by atoms with Crippen LogP contribution in [0, 0.1) is 13.8 Å². The van der Waals surface area contributed by atoms with Crippen LogP contribution in [0.25, 0.3) is 0 Å². The van der Waals surface area contributed by atoms with Crippen molar-refractivity contribution in [2.75, 3.05) is 0 Å². The van der Waals surface area contributed by atoms with Gasteiger partial charge in [-0.15, -0.1) is 0 Å². The Hall–Kier alpha value is -1.25. The minimum absolute atomic E-state index is 0.00517. The van der Waals surface area contributed by atoms with Crippen LogP contribution in [0.1, 0.15) is 17.3 Å². The summed E-state index contributed by atoms with van der Waals surface area (Å²) in [5.74, 6) is 0.698. The fourth-order valence-electron chi connectivity index (χ4n) is 1.44. The summed E-state index contributed by atoms with van der Waals surface area (Å²) < 4.78 is 32.2. The van der Waals surface area contributed by atoms with Gasteiger partial charge in [0.1, 0.15) is 0 Å². The van der Waals surface area contributed by atoms with Crippen molar-refractivity contribution >= 4 is 26.0 Å². The topological polar surface area (TPSA) is 85.1 Å². The number of hydrogen-bond donors (Lipinski definition) is 1. The van der Waals surface area contributed by atoms with Gasteiger partial charge in [0.25, 0.3) is 0 Å². The molecule has 0 spiro atoms. The molecule has 1 N–H and O–H groups in total. The molecule has 2 rings (SSSR count). The summed E-state index contributed by atoms with van der Waals surface area (Å²) in [6, 6.07) is 4.82. The second kappa shape index (κ2) is 5.40. The summed E-state index contributed by atoms with van der Waals surface area (Å²) in [6.45, 7) is 3.46. The van der Waals surface area contributed by atoms with E-state index in [4.69, 9.17) is 4.52 Å². The minimum Gasteiger partial charge on any atom is -0.340 e. The summed E-state index contributed by atoms with van der Waals surface area (Å²) in [6.07, 6.45) is 0. The second-order valence-corrected chi connectivity index (χ2v) is 6.59. The van der Waals surface area contributed by atoms with Crippen molar-refractivity contribution in [3.8, 4) is 0 Å². The Morgan fingerprint density at radius 3 is 2.68 bits per heavy atom. The van der Waals surface area contributed by atoms with Crippen LogP contribution in [0.5, 0.6) is 0 Å². The lowest BCUT2D eigenvalue weighted by Gasteiger charge is -2.06. The molecule has 1 aromatic heterocycles. The third kappa shape index (κ3) is 3.40. The Balaban J connectivity index is 2.16. The predicted octanol–water partition coefficient (Wildman–Crippen LogP) is 1.93. The van der Waals surface area contributed by atoms with Crippen LogP contribution < -0.4 is 4.72 Å². The standard InChI is InChI=1S/C11H12BrN3O3S/c1-7-5-9(3-4-10(7)12)19(16,17)13-6-11-14-8(2)18-15-11/h3-5,13H,6H2,1-2H3. The maximum absolute atomic E-state index is 12.1. The average Bonchev–Trinajstić information content (AvgIpc) is 2.76. The van der Waals surface area contributed by atoms with Gasteiger partial charge in [0.15, 0.2) is 5.82 Å². The van der Waals surface area contributed by atoms with Gasteiger partial charge in [-0.25, -0.2) is 13.1 Å². The number of hydrogen-bond acceptors (Lipinski definition) is 5. The highest BCUT2D eigenvalue weighted by Crippen LogP contribution is 2.19. The highest BCUT2D eigenvalue weighted by Gasteiger charge is 2.15. The Morgan fingerprint density at radius 1 is 1.37 bits per heavy atom. The van der Waals surface area contributed by atoms with Gasteiger partial charge in [-0.05, 0) is 30.7 Å². The summed E-state index contributed by atoms with van der Waals surface area (Å²) >= 11 is 3.33. The number of rotatable bonds is 4. The van der Waals surface area contributed by atoms with E-state index in [1.807, 2.05) is 6.92 Å². The first kappa shape index (κ1) is 14.2. The summed E-state index contributed by atoms with van der Waals surface area (Å²) in [4.78, 5) is 4.13. The predicted molar refractivity (Wildman–Crippen MR) is 71.9 cm³/mol. The number of nitrogens with zero attached hydrogens (tertiary/aromatic N) is 2. The van der Waals surface area contributed by atoms with Gasteiger partial charge >= 0.3 is 0 Å². The van der Waals surface area contributed by atoms with E-state index in [-0.39, 0.29) is 11.4 Å². The molecule has 0 fully saturated rings. The fourth-order valence-corrected chi connectivity index (χ4v) is 2.75. The number of aryl methyl sites for hydroxylation is 2. The molecule has 102 valence electrons. The minimum atomic E-state index is -3.58. The monoisotopic (exact) mass is 345 g/mol. The van der Waals surface area contributed by atoms with E-state index in [0.717, 1.165) is 10.0 Å². The van der Waals surface area contributed by atoms with E-state index in [9.17, 15) is 8.42 Å². The first-order chi connectivity index (χ1) is 8.88. The first-order valence-corrected chi connectivity index (χ1v) is 7.71. The van der Waals surface area contributed by atoms with Crippen LogP contribution in [-0.4, -0.2) is 18.6 Å². The van der Waals surface area contributed by atoms with Crippen LogP contribution in [0.2, 0.25) is 0 Å². The van der Waals surface area contributed by atoms with Crippen molar-refractivity contribution in [2.24, 2.45) is 0 Å². The molecule has 0 saturated heterocycles. The van der Waals surface area contributed by atoms with Crippen LogP contribution >= 0.6 is 15.9 Å². The SMILES string of the molecule is Cc1nc(CNS(=O)(=O)c2ccc(Br)c(C)c2)no1. The largest absolute Gasteiger partial charge is 0.340 e. The van der Waals surface area contributed by atoms with Crippen molar-refractivity contribution in [2.45, 2.75) is 25.3 Å². The molecule has 1 aromatic carbocycles. The second-order valence-electron chi connectivity index (χ2n) is 3.97. The van der Waals surface area contributed by atoms with Gasteiger partial charge < -0.3 is 4.52 Å². The lowest BCUT2D eigenvalue weighted by molar-refractivity contribution is 0.387. The quantitative estimate of drug-likeness (QED) is 0.914. The van der Waals surface area contributed by atoms with Crippen molar-refractivity contribution in [1.29, 1.82) is 0 Å². The first-order valence-electron chi connectivity index (χ1n) is 5.43. The Morgan fingerprint density at radius 2 is 2.11 bits per heavy atom. The molecule has 0 aliphatic heterocycles. The number of nitrogens with one attached hydrogen (secondary N) is 1. The Bertz CT molecular complexity index is 697. The summed E-state index contributed by atoms with van der Waals surface area (Å²) in [5, 5.41) is 3.62. The zero-order valence-electron chi connectivity index (χ0n) is 10.3. The molecule has 8 heteroatoms. The summed E-state index contributed by atoms with van der Waals surface area (Å²) in [7, 11) is -3.58. The molecule has 6 nitrogen and oxygen atoms in total. The van der Waals surface area contributed by atoms with E-state index >= 15 is 0 Å². The molecule has 0 amide bonds. The normalized spacial score (nSPS) is 11.7. The Labute approximate surface area is 119 Å². The fraction of sp³-hybridized carbons (Fsp3) is 0.273. The van der Waals surface area contributed by atoms with E-state index < -0.39 is 10.0 Å². The molecule has 1 heterocycles.